The number of likely N-dealkylation sites (tertiary alicyclic amines) is 1. The van der Waals surface area contributed by atoms with Gasteiger partial charge in [-0.25, -0.2) is 8.78 Å². The molecule has 0 unspecified atom stereocenters. The Morgan fingerprint density at radius 1 is 1.06 bits per heavy atom. The molecule has 1 saturated heterocycles. The molecule has 4 fully saturated rings. The highest BCUT2D eigenvalue weighted by Gasteiger charge is 2.63. The minimum Gasteiger partial charge on any atom is -0.380 e. The van der Waals surface area contributed by atoms with E-state index in [1.165, 1.54) is 34.4 Å². The second-order valence-corrected chi connectivity index (χ2v) is 11.9. The molecule has 2 aliphatic heterocycles. The third-order valence-corrected chi connectivity index (χ3v) is 9.54. The van der Waals surface area contributed by atoms with Crippen LogP contribution in [0.2, 0.25) is 0 Å². The van der Waals surface area contributed by atoms with Gasteiger partial charge in [0.1, 0.15) is 11.6 Å². The summed E-state index contributed by atoms with van der Waals surface area (Å²) in [5, 5.41) is 3.30. The average molecular weight is 494 g/mol. The summed E-state index contributed by atoms with van der Waals surface area (Å²) < 4.78 is 44.3. The lowest BCUT2D eigenvalue weighted by atomic mass is 9.48. The molecular formula is C30H34F3N3. The van der Waals surface area contributed by atoms with Gasteiger partial charge in [0.15, 0.2) is 0 Å². The van der Waals surface area contributed by atoms with Crippen LogP contribution < -0.4 is 5.32 Å². The minimum atomic E-state index is -0.454. The first-order valence-electron chi connectivity index (χ1n) is 13.6. The Hall–Kier alpha value is -2.31. The van der Waals surface area contributed by atoms with Crippen molar-refractivity contribution in [2.75, 3.05) is 31.6 Å². The molecule has 3 saturated carbocycles. The third kappa shape index (κ3) is 3.40. The number of halogens is 3. The lowest BCUT2D eigenvalue weighted by molar-refractivity contribution is -0.173. The Balaban J connectivity index is 1.22. The van der Waals surface area contributed by atoms with Crippen LogP contribution in [-0.4, -0.2) is 53.7 Å². The maximum absolute atomic E-state index is 15.9. The van der Waals surface area contributed by atoms with Crippen molar-refractivity contribution in [3.63, 3.8) is 0 Å². The van der Waals surface area contributed by atoms with E-state index in [1.807, 2.05) is 0 Å². The molecule has 36 heavy (non-hydrogen) atoms. The minimum absolute atomic E-state index is 0.104. The zero-order valence-electron chi connectivity index (χ0n) is 20.9. The Labute approximate surface area is 211 Å². The molecule has 6 heteroatoms. The van der Waals surface area contributed by atoms with Crippen molar-refractivity contribution in [2.45, 2.75) is 69.1 Å². The van der Waals surface area contributed by atoms with Crippen LogP contribution in [0.25, 0.3) is 5.57 Å². The van der Waals surface area contributed by atoms with E-state index >= 15 is 8.78 Å². The lowest BCUT2D eigenvalue weighted by Gasteiger charge is -2.70. The van der Waals surface area contributed by atoms with Gasteiger partial charge in [-0.2, -0.15) is 0 Å². The first kappa shape index (κ1) is 22.9. The second-order valence-electron chi connectivity index (χ2n) is 11.9. The molecule has 0 amide bonds. The summed E-state index contributed by atoms with van der Waals surface area (Å²) in [6, 6.07) is 11.5. The van der Waals surface area contributed by atoms with Crippen molar-refractivity contribution >= 4 is 11.3 Å². The number of anilines is 1. The van der Waals surface area contributed by atoms with Gasteiger partial charge < -0.3 is 5.32 Å². The molecule has 2 heterocycles. The normalized spacial score (nSPS) is 31.4. The summed E-state index contributed by atoms with van der Waals surface area (Å²) in [7, 11) is 0. The zero-order chi connectivity index (χ0) is 24.6. The molecule has 1 N–H and O–H groups in total. The van der Waals surface area contributed by atoms with E-state index in [0.29, 0.717) is 12.1 Å². The molecule has 190 valence electrons. The van der Waals surface area contributed by atoms with Gasteiger partial charge >= 0.3 is 0 Å². The Morgan fingerprint density at radius 2 is 1.78 bits per heavy atom. The number of rotatable bonds is 7. The fourth-order valence-electron chi connectivity index (χ4n) is 7.87. The van der Waals surface area contributed by atoms with Crippen molar-refractivity contribution < 1.29 is 13.2 Å². The van der Waals surface area contributed by atoms with E-state index in [0.717, 1.165) is 57.7 Å². The van der Waals surface area contributed by atoms with Crippen molar-refractivity contribution in [2.24, 2.45) is 5.92 Å². The van der Waals surface area contributed by atoms with E-state index in [9.17, 15) is 4.39 Å². The predicted molar refractivity (Wildman–Crippen MR) is 137 cm³/mol. The van der Waals surface area contributed by atoms with Crippen LogP contribution in [-0.2, 0) is 6.42 Å². The van der Waals surface area contributed by atoms with Crippen LogP contribution in [0, 0.1) is 17.6 Å². The van der Waals surface area contributed by atoms with Crippen LogP contribution in [0.1, 0.15) is 61.8 Å². The van der Waals surface area contributed by atoms with Gasteiger partial charge in [-0.3, -0.25) is 14.2 Å². The van der Waals surface area contributed by atoms with E-state index in [4.69, 9.17) is 0 Å². The smallest absolute Gasteiger partial charge is 0.133 e. The zero-order valence-corrected chi connectivity index (χ0v) is 20.9. The first-order valence-corrected chi connectivity index (χ1v) is 13.6. The fourth-order valence-corrected chi connectivity index (χ4v) is 7.87. The van der Waals surface area contributed by atoms with Crippen LogP contribution in [0.4, 0.5) is 18.9 Å². The summed E-state index contributed by atoms with van der Waals surface area (Å²) in [6.07, 6.45) is 5.73. The maximum Gasteiger partial charge on any atom is 0.133 e. The second kappa shape index (κ2) is 8.35. The van der Waals surface area contributed by atoms with Gasteiger partial charge in [0.25, 0.3) is 0 Å². The van der Waals surface area contributed by atoms with Crippen LogP contribution in [0.15, 0.2) is 42.0 Å². The molecule has 0 radical (unpaired) electrons. The Bertz CT molecular complexity index is 1190. The summed E-state index contributed by atoms with van der Waals surface area (Å²) in [5.41, 5.74) is 5.86. The highest BCUT2D eigenvalue weighted by molar-refractivity contribution is 5.79. The highest BCUT2D eigenvalue weighted by atomic mass is 19.1. The monoisotopic (exact) mass is 493 g/mol. The molecule has 3 nitrogen and oxygen atoms in total. The van der Waals surface area contributed by atoms with Crippen LogP contribution in [0.3, 0.4) is 0 Å². The number of nitrogens with one attached hydrogen (secondary N) is 1. The van der Waals surface area contributed by atoms with Crippen LogP contribution in [0.5, 0.6) is 0 Å². The molecule has 2 aromatic rings. The molecule has 8 rings (SSSR count). The summed E-state index contributed by atoms with van der Waals surface area (Å²) in [4.78, 5) is 4.66. The molecular weight excluding hydrogens is 459 g/mol. The number of hydrogen-bond acceptors (Lipinski definition) is 3. The van der Waals surface area contributed by atoms with Gasteiger partial charge in [-0.15, -0.1) is 0 Å². The van der Waals surface area contributed by atoms with Gasteiger partial charge in [0.2, 0.25) is 0 Å². The van der Waals surface area contributed by atoms with Gasteiger partial charge in [-0.1, -0.05) is 24.3 Å². The predicted octanol–water partition coefficient (Wildman–Crippen LogP) is 6.12. The van der Waals surface area contributed by atoms with Crippen molar-refractivity contribution in [1.82, 2.24) is 9.80 Å². The molecule has 0 aromatic heterocycles. The van der Waals surface area contributed by atoms with Crippen molar-refractivity contribution in [3.05, 3.63) is 70.3 Å². The maximum atomic E-state index is 15.9. The largest absolute Gasteiger partial charge is 0.380 e. The van der Waals surface area contributed by atoms with Gasteiger partial charge in [-0.05, 0) is 85.8 Å². The molecule has 6 aliphatic rings. The van der Waals surface area contributed by atoms with E-state index in [2.05, 4.69) is 46.3 Å². The van der Waals surface area contributed by atoms with Crippen molar-refractivity contribution in [1.29, 1.82) is 0 Å². The highest BCUT2D eigenvalue weighted by Crippen LogP contribution is 2.65. The van der Waals surface area contributed by atoms with E-state index in [1.54, 1.807) is 0 Å². The summed E-state index contributed by atoms with van der Waals surface area (Å²) in [6.45, 7) is 4.21. The number of hydrogen-bond donors (Lipinski definition) is 1. The number of fused-ring (bicyclic) bond motifs is 2. The standard InChI is InChI=1S/C30H34F3N3/c1-18-9-24-23-6-3-2-5-20(23)10-25(24)29(36(18)30-13-19(14-30)15-30)28-26(32)11-21(12-27(28)33)34-22-16-35(17-22)8-4-7-31/h2-3,5-6,11-12,18-19,22,29,34H,4,7-10,13-17H2,1H3/t18-,19?,29+,30?/m1/s1. The Kier molecular flexibility index (Phi) is 5.30. The van der Waals surface area contributed by atoms with E-state index in [-0.39, 0.29) is 35.9 Å². The average Bonchev–Trinajstić information content (AvgIpc) is 3.12. The molecule has 2 aromatic carbocycles. The number of benzene rings is 2. The molecule has 2 atom stereocenters. The fraction of sp³-hybridized carbons (Fsp3) is 0.533. The molecule has 2 bridgehead atoms. The summed E-state index contributed by atoms with van der Waals surface area (Å²) >= 11 is 0. The molecule has 0 spiro atoms. The Morgan fingerprint density at radius 3 is 2.44 bits per heavy atom. The lowest BCUT2D eigenvalue weighted by Crippen LogP contribution is -2.71. The summed E-state index contributed by atoms with van der Waals surface area (Å²) in [5.74, 6) is -0.114. The number of alkyl halides is 1. The quantitative estimate of drug-likeness (QED) is 0.502. The van der Waals surface area contributed by atoms with Gasteiger partial charge in [0.05, 0.1) is 18.8 Å². The van der Waals surface area contributed by atoms with Gasteiger partial charge in [0, 0.05) is 42.5 Å². The first-order chi connectivity index (χ1) is 17.5. The topological polar surface area (TPSA) is 18.5 Å². The van der Waals surface area contributed by atoms with Crippen LogP contribution >= 0.6 is 0 Å². The SMILES string of the molecule is C[C@@H]1CC2=C(Cc3ccccc32)[C@@H](c2c(F)cc(NC3CN(CCCF)C3)cc2F)N1C12CC(C1)C2. The van der Waals surface area contributed by atoms with Crippen molar-refractivity contribution in [3.8, 4) is 0 Å². The third-order valence-electron chi connectivity index (χ3n) is 9.54. The number of nitrogens with zero attached hydrogens (tertiary/aromatic N) is 2. The molecule has 4 aliphatic carbocycles. The van der Waals surface area contributed by atoms with E-state index < -0.39 is 11.6 Å².